The molecule has 15 heavy (non-hydrogen) atoms. The van der Waals surface area contributed by atoms with E-state index in [-0.39, 0.29) is 23.0 Å². The summed E-state index contributed by atoms with van der Waals surface area (Å²) in [7, 11) is 0. The summed E-state index contributed by atoms with van der Waals surface area (Å²) in [6, 6.07) is 0.133. The van der Waals surface area contributed by atoms with E-state index in [0.29, 0.717) is 0 Å². The van der Waals surface area contributed by atoms with E-state index in [0.717, 1.165) is 12.8 Å². The van der Waals surface area contributed by atoms with Crippen molar-refractivity contribution in [3.8, 4) is 0 Å². The highest BCUT2D eigenvalue weighted by Gasteiger charge is 2.39. The number of nitrogens with zero attached hydrogens (tertiary/aromatic N) is 1. The van der Waals surface area contributed by atoms with E-state index in [1.54, 1.807) is 0 Å². The fraction of sp³-hybridized carbons (Fsp3) is 0.909. The minimum absolute atomic E-state index is 0.0273. The molecule has 1 aliphatic rings. The number of hydrogen-bond donors (Lipinski definition) is 2. The molecule has 0 bridgehead atoms. The van der Waals surface area contributed by atoms with E-state index in [4.69, 9.17) is 5.84 Å². The Hall–Kier alpha value is -0.610. The highest BCUT2D eigenvalue weighted by molar-refractivity contribution is 5.72. The summed E-state index contributed by atoms with van der Waals surface area (Å²) in [5.74, 6) is 5.73. The summed E-state index contributed by atoms with van der Waals surface area (Å²) in [5.41, 5.74) is 0.0545. The summed E-state index contributed by atoms with van der Waals surface area (Å²) < 4.78 is 0. The molecular weight excluding hydrogens is 190 g/mol. The summed E-state index contributed by atoms with van der Waals surface area (Å²) in [6.07, 6.45) is 1.79. The third-order valence-electron chi connectivity index (χ3n) is 2.93. The molecule has 88 valence electrons. The lowest BCUT2D eigenvalue weighted by atomic mass is 9.79. The molecule has 4 nitrogen and oxygen atoms in total. The number of amides is 1. The Kier molecular flexibility index (Phi) is 3.12. The van der Waals surface area contributed by atoms with E-state index < -0.39 is 0 Å². The van der Waals surface area contributed by atoms with Gasteiger partial charge < -0.3 is 5.32 Å². The lowest BCUT2D eigenvalue weighted by Gasteiger charge is -2.48. The summed E-state index contributed by atoms with van der Waals surface area (Å²) in [4.78, 5) is 11.2. The van der Waals surface area contributed by atoms with Crippen LogP contribution in [0.5, 0.6) is 0 Å². The summed E-state index contributed by atoms with van der Waals surface area (Å²) in [5, 5.41) is 4.94. The zero-order valence-corrected chi connectivity index (χ0v) is 10.4. The SMILES string of the molecule is CC(=O)N(N)C1CC(C)(C)NC(C)(C)C1. The number of nitrogens with one attached hydrogen (secondary N) is 1. The molecular formula is C11H23N3O. The van der Waals surface area contributed by atoms with Crippen LogP contribution < -0.4 is 11.2 Å². The largest absolute Gasteiger partial charge is 0.307 e. The molecule has 1 amide bonds. The Morgan fingerprint density at radius 3 is 2.00 bits per heavy atom. The minimum Gasteiger partial charge on any atom is -0.307 e. The second kappa shape index (κ2) is 3.76. The molecule has 3 N–H and O–H groups in total. The maximum absolute atomic E-state index is 11.2. The number of hydrogen-bond acceptors (Lipinski definition) is 3. The van der Waals surface area contributed by atoms with Crippen LogP contribution in [0.2, 0.25) is 0 Å². The van der Waals surface area contributed by atoms with Crippen molar-refractivity contribution in [2.45, 2.75) is 64.6 Å². The first kappa shape index (κ1) is 12.5. The van der Waals surface area contributed by atoms with Gasteiger partial charge in [0.25, 0.3) is 0 Å². The fourth-order valence-corrected chi connectivity index (χ4v) is 2.72. The quantitative estimate of drug-likeness (QED) is 0.388. The lowest BCUT2D eigenvalue weighted by Crippen LogP contribution is -2.63. The van der Waals surface area contributed by atoms with Gasteiger partial charge in [-0.05, 0) is 40.5 Å². The third-order valence-corrected chi connectivity index (χ3v) is 2.93. The molecule has 1 heterocycles. The number of rotatable bonds is 1. The van der Waals surface area contributed by atoms with Gasteiger partial charge in [0.15, 0.2) is 0 Å². The van der Waals surface area contributed by atoms with Gasteiger partial charge in [-0.3, -0.25) is 9.80 Å². The number of piperidine rings is 1. The Morgan fingerprint density at radius 2 is 1.67 bits per heavy atom. The van der Waals surface area contributed by atoms with Gasteiger partial charge in [0.2, 0.25) is 5.91 Å². The van der Waals surface area contributed by atoms with Gasteiger partial charge in [-0.1, -0.05) is 0 Å². The minimum atomic E-state index is -0.0616. The van der Waals surface area contributed by atoms with Gasteiger partial charge in [-0.25, -0.2) is 5.84 Å². The van der Waals surface area contributed by atoms with Gasteiger partial charge in [0.1, 0.15) is 0 Å². The molecule has 0 spiro atoms. The highest BCUT2D eigenvalue weighted by Crippen LogP contribution is 2.30. The molecule has 1 fully saturated rings. The molecule has 0 unspecified atom stereocenters. The van der Waals surface area contributed by atoms with Crippen molar-refractivity contribution in [1.29, 1.82) is 0 Å². The van der Waals surface area contributed by atoms with Crippen molar-refractivity contribution in [2.24, 2.45) is 5.84 Å². The zero-order chi connectivity index (χ0) is 11.9. The van der Waals surface area contributed by atoms with Gasteiger partial charge >= 0.3 is 0 Å². The molecule has 0 aliphatic carbocycles. The number of carbonyl (C=O) groups is 1. The van der Waals surface area contributed by atoms with Crippen LogP contribution in [0, 0.1) is 0 Å². The van der Waals surface area contributed by atoms with Crippen LogP contribution >= 0.6 is 0 Å². The second-order valence-electron chi connectivity index (χ2n) is 5.88. The van der Waals surface area contributed by atoms with Crippen molar-refractivity contribution in [3.05, 3.63) is 0 Å². The van der Waals surface area contributed by atoms with Crippen molar-refractivity contribution in [1.82, 2.24) is 10.3 Å². The Labute approximate surface area is 92.2 Å². The number of carbonyl (C=O) groups excluding carboxylic acids is 1. The van der Waals surface area contributed by atoms with Crippen molar-refractivity contribution < 1.29 is 4.79 Å². The van der Waals surface area contributed by atoms with Crippen LogP contribution in [0.1, 0.15) is 47.5 Å². The van der Waals surface area contributed by atoms with E-state index >= 15 is 0 Å². The summed E-state index contributed by atoms with van der Waals surface area (Å²) in [6.45, 7) is 10.1. The molecule has 1 rings (SSSR count). The van der Waals surface area contributed by atoms with E-state index in [1.165, 1.54) is 11.9 Å². The molecule has 1 saturated heterocycles. The average molecular weight is 213 g/mol. The highest BCUT2D eigenvalue weighted by atomic mass is 16.2. The van der Waals surface area contributed by atoms with Crippen molar-refractivity contribution in [2.75, 3.05) is 0 Å². The standard InChI is InChI=1S/C11H23N3O/c1-8(15)14(12)9-6-10(2,3)13-11(4,5)7-9/h9,13H,6-7,12H2,1-5H3. The normalized spacial score (nSPS) is 24.9. The molecule has 0 saturated carbocycles. The average Bonchev–Trinajstić information content (AvgIpc) is 1.96. The van der Waals surface area contributed by atoms with Crippen LogP contribution in [-0.4, -0.2) is 28.0 Å². The van der Waals surface area contributed by atoms with Crippen LogP contribution in [0.3, 0.4) is 0 Å². The summed E-state index contributed by atoms with van der Waals surface area (Å²) >= 11 is 0. The van der Waals surface area contributed by atoms with Gasteiger partial charge in [0.05, 0.1) is 6.04 Å². The van der Waals surface area contributed by atoms with Gasteiger partial charge in [0, 0.05) is 18.0 Å². The van der Waals surface area contributed by atoms with Gasteiger partial charge in [-0.15, -0.1) is 0 Å². The predicted octanol–water partition coefficient (Wildman–Crippen LogP) is 1.02. The van der Waals surface area contributed by atoms with E-state index in [2.05, 4.69) is 33.0 Å². The predicted molar refractivity (Wildman–Crippen MR) is 61.0 cm³/mol. The lowest BCUT2D eigenvalue weighted by molar-refractivity contribution is -0.133. The maximum atomic E-state index is 11.2. The molecule has 0 atom stereocenters. The van der Waals surface area contributed by atoms with Crippen LogP contribution in [0.15, 0.2) is 0 Å². The molecule has 0 aromatic rings. The topological polar surface area (TPSA) is 58.4 Å². The second-order valence-corrected chi connectivity index (χ2v) is 5.88. The molecule has 0 radical (unpaired) electrons. The fourth-order valence-electron chi connectivity index (χ4n) is 2.72. The first-order valence-electron chi connectivity index (χ1n) is 5.47. The van der Waals surface area contributed by atoms with Gasteiger partial charge in [-0.2, -0.15) is 0 Å². The monoisotopic (exact) mass is 213 g/mol. The van der Waals surface area contributed by atoms with Crippen LogP contribution in [-0.2, 0) is 4.79 Å². The Bertz CT molecular complexity index is 245. The van der Waals surface area contributed by atoms with Crippen molar-refractivity contribution >= 4 is 5.91 Å². The number of hydrazine groups is 1. The molecule has 0 aromatic carbocycles. The van der Waals surface area contributed by atoms with Crippen LogP contribution in [0.25, 0.3) is 0 Å². The first-order valence-corrected chi connectivity index (χ1v) is 5.47. The molecule has 4 heteroatoms. The smallest absolute Gasteiger partial charge is 0.233 e. The third kappa shape index (κ3) is 3.18. The Balaban J connectivity index is 2.79. The molecule has 1 aliphatic heterocycles. The Morgan fingerprint density at radius 1 is 1.27 bits per heavy atom. The van der Waals surface area contributed by atoms with E-state index in [1.807, 2.05) is 0 Å². The number of nitrogens with two attached hydrogens (primary N) is 1. The maximum Gasteiger partial charge on any atom is 0.233 e. The van der Waals surface area contributed by atoms with Crippen molar-refractivity contribution in [3.63, 3.8) is 0 Å². The molecule has 0 aromatic heterocycles. The van der Waals surface area contributed by atoms with Crippen LogP contribution in [0.4, 0.5) is 0 Å². The van der Waals surface area contributed by atoms with E-state index in [9.17, 15) is 4.79 Å². The zero-order valence-electron chi connectivity index (χ0n) is 10.4. The first-order chi connectivity index (χ1) is 6.63.